The summed E-state index contributed by atoms with van der Waals surface area (Å²) < 4.78 is 6.84. The Morgan fingerprint density at radius 2 is 1.41 bits per heavy atom. The van der Waals surface area contributed by atoms with Crippen molar-refractivity contribution in [3.63, 3.8) is 0 Å². The molecule has 0 unspecified atom stereocenters. The van der Waals surface area contributed by atoms with Gasteiger partial charge in [0.15, 0.2) is 6.04 Å². The first-order valence-corrected chi connectivity index (χ1v) is 22.9. The molecule has 292 valence electrons. The molecule has 1 aliphatic rings. The minimum absolute atomic E-state index is 0.156. The van der Waals surface area contributed by atoms with E-state index in [-0.39, 0.29) is 5.91 Å². The second-order valence-electron chi connectivity index (χ2n) is 14.0. The Balaban J connectivity index is 1.16. The number of carbonyl (C=O) groups excluding carboxylic acids is 2. The Kier molecular flexibility index (Phi) is 15.7. The van der Waals surface area contributed by atoms with E-state index in [4.69, 9.17) is 4.74 Å². The van der Waals surface area contributed by atoms with Crippen LogP contribution in [0.15, 0.2) is 102 Å². The first kappa shape index (κ1) is 41.3. The summed E-state index contributed by atoms with van der Waals surface area (Å²) in [6.07, 6.45) is 15.1. The number of aliphatic carboxylic acids is 1. The van der Waals surface area contributed by atoms with Gasteiger partial charge in [-0.3, -0.25) is 9.79 Å². The quantitative estimate of drug-likeness (QED) is 0.0328. The molecule has 0 spiro atoms. The minimum atomic E-state index is -1.23. The number of thioether (sulfide) groups is 1. The average Bonchev–Trinajstić information content (AvgIpc) is 3.89. The molecule has 0 bridgehead atoms. The number of carboxylic acid groups (broad SMARTS) is 1. The first-order valence-electron chi connectivity index (χ1n) is 19.8. The van der Waals surface area contributed by atoms with Gasteiger partial charge in [0.25, 0.3) is 5.91 Å². The lowest BCUT2D eigenvalue weighted by Crippen LogP contribution is -2.30. The molecule has 8 nitrogen and oxygen atoms in total. The molecule has 1 amide bonds. The van der Waals surface area contributed by atoms with Crippen LogP contribution in [0.3, 0.4) is 0 Å². The third kappa shape index (κ3) is 11.4. The maximum Gasteiger partial charge on any atom is 0.344 e. The van der Waals surface area contributed by atoms with Crippen molar-refractivity contribution in [2.45, 2.75) is 90.0 Å². The molecule has 1 aromatic heterocycles. The van der Waals surface area contributed by atoms with Crippen molar-refractivity contribution < 1.29 is 24.2 Å². The molecule has 0 saturated heterocycles. The van der Waals surface area contributed by atoms with Gasteiger partial charge in [-0.05, 0) is 55.3 Å². The van der Waals surface area contributed by atoms with E-state index in [2.05, 4.69) is 46.5 Å². The number of amides is 1. The van der Waals surface area contributed by atoms with Crippen LogP contribution in [0.5, 0.6) is 5.75 Å². The van der Waals surface area contributed by atoms with E-state index in [0.29, 0.717) is 44.7 Å². The Labute approximate surface area is 339 Å². The smallest absolute Gasteiger partial charge is 0.344 e. The van der Waals surface area contributed by atoms with Crippen LogP contribution in [0.25, 0.3) is 10.2 Å². The molecular weight excluding hydrogens is 758 g/mol. The highest BCUT2D eigenvalue weighted by molar-refractivity contribution is 8.15. The Bertz CT molecular complexity index is 2070. The largest absolute Gasteiger partial charge is 0.480 e. The van der Waals surface area contributed by atoms with E-state index >= 15 is 0 Å². The summed E-state index contributed by atoms with van der Waals surface area (Å²) >= 11 is 2.76. The zero-order valence-electron chi connectivity index (χ0n) is 32.0. The van der Waals surface area contributed by atoms with Gasteiger partial charge < -0.3 is 15.2 Å². The maximum atomic E-state index is 14.1. The molecule has 0 aliphatic carbocycles. The van der Waals surface area contributed by atoms with Crippen LogP contribution in [-0.4, -0.2) is 51.3 Å². The third-order valence-electron chi connectivity index (χ3n) is 9.75. The van der Waals surface area contributed by atoms with Gasteiger partial charge in [-0.15, -0.1) is 23.1 Å². The molecule has 0 saturated carbocycles. The number of hydrogen-bond donors (Lipinski definition) is 2. The number of carboxylic acids is 1. The Morgan fingerprint density at radius 3 is 2.02 bits per heavy atom. The second-order valence-corrected chi connectivity index (χ2v) is 18.2. The third-order valence-corrected chi connectivity index (χ3v) is 14.4. The van der Waals surface area contributed by atoms with Crippen molar-refractivity contribution in [3.05, 3.63) is 113 Å². The van der Waals surface area contributed by atoms with E-state index in [0.717, 1.165) is 33.5 Å². The predicted molar refractivity (Wildman–Crippen MR) is 234 cm³/mol. The van der Waals surface area contributed by atoms with Gasteiger partial charge in [-0.1, -0.05) is 138 Å². The molecule has 4 aromatic carbocycles. The van der Waals surface area contributed by atoms with Crippen molar-refractivity contribution in [1.82, 2.24) is 10.3 Å². The lowest BCUT2D eigenvalue weighted by atomic mass is 10.1. The Hall–Kier alpha value is -4.37. The van der Waals surface area contributed by atoms with E-state index in [1.807, 2.05) is 42.5 Å². The van der Waals surface area contributed by atoms with Crippen molar-refractivity contribution >= 4 is 80.0 Å². The number of thiazole rings is 1. The number of nitrogens with one attached hydrogen (secondary N) is 1. The van der Waals surface area contributed by atoms with Gasteiger partial charge >= 0.3 is 11.9 Å². The highest BCUT2D eigenvalue weighted by atomic mass is 32.2. The molecule has 2 N–H and O–H groups in total. The minimum Gasteiger partial charge on any atom is -0.480 e. The van der Waals surface area contributed by atoms with E-state index in [9.17, 15) is 19.5 Å². The van der Waals surface area contributed by atoms with Gasteiger partial charge in [-0.25, -0.2) is 14.6 Å². The molecule has 5 aromatic rings. The number of benzene rings is 4. The number of unbranched alkanes of at least 4 members (excludes halogenated alkanes) is 11. The van der Waals surface area contributed by atoms with E-state index in [1.54, 1.807) is 30.3 Å². The molecule has 11 heteroatoms. The highest BCUT2D eigenvalue weighted by Crippen LogP contribution is 2.36. The number of nitrogens with zero attached hydrogens (tertiary/aromatic N) is 2. The molecule has 6 rings (SSSR count). The fraction of sp³-hybridized carbons (Fsp3) is 0.356. The summed E-state index contributed by atoms with van der Waals surface area (Å²) in [5, 5.41) is 16.6. The van der Waals surface area contributed by atoms with Crippen molar-refractivity contribution in [2.24, 2.45) is 4.99 Å². The molecule has 1 atom stereocenters. The number of fused-ring (bicyclic) bond motifs is 1. The highest BCUT2D eigenvalue weighted by Gasteiger charge is 2.28. The van der Waals surface area contributed by atoms with Crippen LogP contribution in [0, 0.1) is 0 Å². The molecule has 0 radical (unpaired) electrons. The summed E-state index contributed by atoms with van der Waals surface area (Å²) in [6.45, 7) is 2.86. The van der Waals surface area contributed by atoms with Crippen LogP contribution in [-0.2, 0) is 4.79 Å². The number of aliphatic imine (C=N–C) groups is 1. The lowest BCUT2D eigenvalue weighted by Gasteiger charge is -2.22. The van der Waals surface area contributed by atoms with Crippen LogP contribution < -0.4 is 26.0 Å². The van der Waals surface area contributed by atoms with Crippen LogP contribution in [0.4, 0.5) is 0 Å². The Morgan fingerprint density at radius 1 is 0.786 bits per heavy atom. The number of ether oxygens (including phenoxy) is 1. The van der Waals surface area contributed by atoms with Crippen LogP contribution in [0.1, 0.15) is 110 Å². The predicted octanol–water partition coefficient (Wildman–Crippen LogP) is 9.65. The molecular formula is C45H50N3O5PS2. The number of hydrogen-bond acceptors (Lipinski definition) is 8. The van der Waals surface area contributed by atoms with E-state index in [1.165, 1.54) is 87.3 Å². The topological polar surface area (TPSA) is 118 Å². The first-order chi connectivity index (χ1) is 27.4. The van der Waals surface area contributed by atoms with Gasteiger partial charge in [0.05, 0.1) is 15.8 Å². The molecule has 1 aliphatic heterocycles. The number of esters is 1. The second kappa shape index (κ2) is 21.2. The monoisotopic (exact) mass is 807 g/mol. The van der Waals surface area contributed by atoms with Gasteiger partial charge in [-0.2, -0.15) is 0 Å². The zero-order valence-corrected chi connectivity index (χ0v) is 34.5. The van der Waals surface area contributed by atoms with Crippen LogP contribution in [0.2, 0.25) is 0 Å². The summed E-state index contributed by atoms with van der Waals surface area (Å²) in [5.41, 5.74) is 1.61. The normalized spacial score (nSPS) is 13.9. The van der Waals surface area contributed by atoms with Crippen molar-refractivity contribution in [3.8, 4) is 5.75 Å². The van der Waals surface area contributed by atoms with Crippen LogP contribution >= 0.6 is 31.0 Å². The molecule has 0 fully saturated rings. The number of aromatic nitrogens is 1. The summed E-state index contributed by atoms with van der Waals surface area (Å²) in [4.78, 5) is 48.1. The van der Waals surface area contributed by atoms with Crippen molar-refractivity contribution in [2.75, 3.05) is 12.3 Å². The van der Waals surface area contributed by atoms with Gasteiger partial charge in [0.2, 0.25) is 0 Å². The van der Waals surface area contributed by atoms with Gasteiger partial charge in [0.1, 0.15) is 15.8 Å². The SMILES string of the molecule is CCCCCCCCCCCCCCNC(=O)c1ccc(C(=O)Oc2ccc3nc(C4=N[C@@H](C(=O)O)CS4)sc3c2)c(P(c2ccccc2)c2ccccc2)c1. The lowest BCUT2D eigenvalue weighted by molar-refractivity contribution is -0.137. The number of carbonyl (C=O) groups is 3. The molecule has 56 heavy (non-hydrogen) atoms. The van der Waals surface area contributed by atoms with Gasteiger partial charge in [0, 0.05) is 29.2 Å². The standard InChI is InChI=1S/C45H50N3O5PS2/c1-2-3-4-5-6-7-8-9-10-11-12-19-28-46-41(49)32-24-26-36(39(29-32)54(34-20-15-13-16-21-34)35-22-17-14-18-23-35)45(52)53-33-25-27-37-40(30-33)56-43(47-37)42-48-38(31-55-42)44(50)51/h13-18,20-27,29-30,38H,2-12,19,28,31H2,1H3,(H,46,49)(H,50,51)/t38-/m1/s1. The average molecular weight is 808 g/mol. The maximum absolute atomic E-state index is 14.1. The summed E-state index contributed by atoms with van der Waals surface area (Å²) in [6, 6.07) is 30.0. The zero-order chi connectivity index (χ0) is 39.1. The molecule has 2 heterocycles. The number of rotatable bonds is 21. The fourth-order valence-electron chi connectivity index (χ4n) is 6.72. The fourth-order valence-corrected chi connectivity index (χ4v) is 11.3. The van der Waals surface area contributed by atoms with E-state index < -0.39 is 25.9 Å². The van der Waals surface area contributed by atoms with Crippen molar-refractivity contribution in [1.29, 1.82) is 0 Å². The summed E-state index contributed by atoms with van der Waals surface area (Å²) in [7, 11) is -1.23. The summed E-state index contributed by atoms with van der Waals surface area (Å²) in [5.74, 6) is -0.890.